The van der Waals surface area contributed by atoms with Crippen LogP contribution in [0.15, 0.2) is 24.3 Å². The Kier molecular flexibility index (Phi) is 7.56. The quantitative estimate of drug-likeness (QED) is 0.832. The lowest BCUT2D eigenvalue weighted by atomic mass is 9.74. The minimum absolute atomic E-state index is 0. The molecule has 0 aromatic heterocycles. The molecule has 1 amide bonds. The van der Waals surface area contributed by atoms with Crippen molar-refractivity contribution in [2.75, 3.05) is 19.8 Å². The van der Waals surface area contributed by atoms with E-state index in [0.29, 0.717) is 6.54 Å². The van der Waals surface area contributed by atoms with Crippen molar-refractivity contribution in [1.29, 1.82) is 0 Å². The summed E-state index contributed by atoms with van der Waals surface area (Å²) in [5.41, 5.74) is 7.20. The third-order valence-electron chi connectivity index (χ3n) is 5.59. The number of ether oxygens (including phenoxy) is 1. The summed E-state index contributed by atoms with van der Waals surface area (Å²) in [7, 11) is 0. The minimum Gasteiger partial charge on any atom is -0.381 e. The Balaban J connectivity index is 0.00000225. The lowest BCUT2D eigenvalue weighted by Gasteiger charge is -2.38. The Bertz CT molecular complexity index is 559. The Morgan fingerprint density at radius 3 is 2.56 bits per heavy atom. The molecule has 140 valence electrons. The van der Waals surface area contributed by atoms with Crippen LogP contribution < -0.4 is 11.1 Å². The molecule has 2 aliphatic rings. The molecule has 6 heteroatoms. The van der Waals surface area contributed by atoms with Crippen molar-refractivity contribution in [1.82, 2.24) is 5.32 Å². The van der Waals surface area contributed by atoms with Crippen LogP contribution in [0, 0.1) is 5.92 Å². The average molecular weight is 387 g/mol. The number of nitrogens with two attached hydrogens (primary N) is 1. The highest BCUT2D eigenvalue weighted by Gasteiger charge is 2.36. The molecule has 1 aromatic carbocycles. The zero-order valence-electron chi connectivity index (χ0n) is 14.5. The fourth-order valence-corrected chi connectivity index (χ4v) is 4.13. The first kappa shape index (κ1) is 20.5. The fourth-order valence-electron chi connectivity index (χ4n) is 4.00. The summed E-state index contributed by atoms with van der Waals surface area (Å²) in [6.07, 6.45) is 5.68. The molecule has 0 spiro atoms. The van der Waals surface area contributed by atoms with Gasteiger partial charge in [-0.1, -0.05) is 30.2 Å². The number of benzene rings is 1. The maximum atomic E-state index is 12.6. The summed E-state index contributed by atoms with van der Waals surface area (Å²) in [5, 5.41) is 3.95. The smallest absolute Gasteiger partial charge is 0.223 e. The summed E-state index contributed by atoms with van der Waals surface area (Å²) in [6.45, 7) is 2.11. The van der Waals surface area contributed by atoms with Gasteiger partial charge in [0.05, 0.1) is 0 Å². The molecule has 1 aliphatic carbocycles. The highest BCUT2D eigenvalue weighted by Crippen LogP contribution is 2.35. The monoisotopic (exact) mass is 386 g/mol. The van der Waals surface area contributed by atoms with Crippen LogP contribution in [0.3, 0.4) is 0 Å². The van der Waals surface area contributed by atoms with E-state index < -0.39 is 0 Å². The van der Waals surface area contributed by atoms with Crippen LogP contribution in [0.1, 0.15) is 44.1 Å². The van der Waals surface area contributed by atoms with E-state index in [9.17, 15) is 4.79 Å². The Hall–Kier alpha value is -0.810. The lowest BCUT2D eigenvalue weighted by molar-refractivity contribution is -0.126. The molecule has 2 atom stereocenters. The number of amides is 1. The number of hydrogen-bond acceptors (Lipinski definition) is 3. The molecular formula is C19H28Cl2N2O2. The largest absolute Gasteiger partial charge is 0.381 e. The van der Waals surface area contributed by atoms with Crippen molar-refractivity contribution in [3.05, 3.63) is 34.9 Å². The van der Waals surface area contributed by atoms with Crippen molar-refractivity contribution >= 4 is 29.9 Å². The molecule has 1 saturated carbocycles. The van der Waals surface area contributed by atoms with Gasteiger partial charge in [-0.3, -0.25) is 4.79 Å². The molecule has 3 rings (SSSR count). The topological polar surface area (TPSA) is 64.4 Å². The molecule has 1 aromatic rings. The van der Waals surface area contributed by atoms with E-state index in [1.165, 1.54) is 5.56 Å². The highest BCUT2D eigenvalue weighted by molar-refractivity contribution is 6.30. The van der Waals surface area contributed by atoms with Gasteiger partial charge < -0.3 is 15.8 Å². The second-order valence-corrected chi connectivity index (χ2v) is 7.68. The molecule has 2 unspecified atom stereocenters. The number of nitrogens with one attached hydrogen (secondary N) is 1. The van der Waals surface area contributed by atoms with E-state index in [0.717, 1.165) is 56.8 Å². The van der Waals surface area contributed by atoms with Crippen molar-refractivity contribution in [3.63, 3.8) is 0 Å². The van der Waals surface area contributed by atoms with Crippen molar-refractivity contribution < 1.29 is 9.53 Å². The summed E-state index contributed by atoms with van der Waals surface area (Å²) in [4.78, 5) is 12.6. The Morgan fingerprint density at radius 1 is 1.24 bits per heavy atom. The Labute approximate surface area is 161 Å². The summed E-state index contributed by atoms with van der Waals surface area (Å²) in [5.74, 6) is 0.223. The second-order valence-electron chi connectivity index (χ2n) is 7.24. The maximum Gasteiger partial charge on any atom is 0.223 e. The molecule has 1 saturated heterocycles. The molecule has 0 bridgehead atoms. The molecule has 2 fully saturated rings. The zero-order chi connectivity index (χ0) is 17.0. The number of halogens is 2. The summed E-state index contributed by atoms with van der Waals surface area (Å²) < 4.78 is 5.55. The first-order valence-electron chi connectivity index (χ1n) is 8.96. The SMILES string of the molecule is Cl.NC1CCCC(C(=O)NCC2(c3ccc(Cl)cc3)CCOCC2)C1. The van der Waals surface area contributed by atoms with Gasteiger partial charge in [0.25, 0.3) is 0 Å². The molecule has 4 nitrogen and oxygen atoms in total. The third-order valence-corrected chi connectivity index (χ3v) is 5.85. The van der Waals surface area contributed by atoms with Gasteiger partial charge in [-0.05, 0) is 49.8 Å². The molecule has 25 heavy (non-hydrogen) atoms. The van der Waals surface area contributed by atoms with Gasteiger partial charge in [-0.15, -0.1) is 12.4 Å². The van der Waals surface area contributed by atoms with Crippen LogP contribution in [0.4, 0.5) is 0 Å². The number of carbonyl (C=O) groups excluding carboxylic acids is 1. The zero-order valence-corrected chi connectivity index (χ0v) is 16.1. The van der Waals surface area contributed by atoms with Crippen LogP contribution in [-0.4, -0.2) is 31.7 Å². The van der Waals surface area contributed by atoms with E-state index in [2.05, 4.69) is 17.4 Å². The van der Waals surface area contributed by atoms with Gasteiger partial charge in [0.2, 0.25) is 5.91 Å². The summed E-state index contributed by atoms with van der Waals surface area (Å²) >= 11 is 6.03. The van der Waals surface area contributed by atoms with Gasteiger partial charge in [0.1, 0.15) is 0 Å². The number of hydrogen-bond donors (Lipinski definition) is 2. The highest BCUT2D eigenvalue weighted by atomic mass is 35.5. The number of carbonyl (C=O) groups is 1. The number of rotatable bonds is 4. The van der Waals surface area contributed by atoms with Crippen LogP contribution in [-0.2, 0) is 14.9 Å². The van der Waals surface area contributed by atoms with Crippen LogP contribution in [0.2, 0.25) is 5.02 Å². The molecule has 1 aliphatic heterocycles. The van der Waals surface area contributed by atoms with Crippen LogP contribution in [0.5, 0.6) is 0 Å². The van der Waals surface area contributed by atoms with E-state index in [-0.39, 0.29) is 35.7 Å². The normalized spacial score (nSPS) is 25.7. The lowest BCUT2D eigenvalue weighted by Crippen LogP contribution is -2.47. The maximum absolute atomic E-state index is 12.6. The Morgan fingerprint density at radius 2 is 1.92 bits per heavy atom. The van der Waals surface area contributed by atoms with Crippen molar-refractivity contribution in [2.45, 2.75) is 50.0 Å². The van der Waals surface area contributed by atoms with E-state index >= 15 is 0 Å². The second kappa shape index (κ2) is 9.22. The molecular weight excluding hydrogens is 359 g/mol. The van der Waals surface area contributed by atoms with Crippen LogP contribution >= 0.6 is 24.0 Å². The van der Waals surface area contributed by atoms with Gasteiger partial charge in [0.15, 0.2) is 0 Å². The third kappa shape index (κ3) is 5.10. The van der Waals surface area contributed by atoms with Crippen molar-refractivity contribution in [2.24, 2.45) is 11.7 Å². The van der Waals surface area contributed by atoms with Gasteiger partial charge in [-0.2, -0.15) is 0 Å². The fraction of sp³-hybridized carbons (Fsp3) is 0.632. The minimum atomic E-state index is -0.0602. The predicted octanol–water partition coefficient (Wildman–Crippen LogP) is 3.44. The standard InChI is InChI=1S/C19H27ClN2O2.ClH/c20-16-6-4-15(5-7-16)19(8-10-24-11-9-19)13-22-18(23)14-2-1-3-17(21)12-14;/h4-7,14,17H,1-3,8-13,21H2,(H,22,23);1H. The molecule has 1 heterocycles. The molecule has 3 N–H and O–H groups in total. The average Bonchev–Trinajstić information content (AvgIpc) is 2.61. The van der Waals surface area contributed by atoms with Gasteiger partial charge >= 0.3 is 0 Å². The van der Waals surface area contributed by atoms with E-state index in [4.69, 9.17) is 22.1 Å². The van der Waals surface area contributed by atoms with E-state index in [1.807, 2.05) is 12.1 Å². The van der Waals surface area contributed by atoms with E-state index in [1.54, 1.807) is 0 Å². The van der Waals surface area contributed by atoms with Crippen LogP contribution in [0.25, 0.3) is 0 Å². The van der Waals surface area contributed by atoms with Gasteiger partial charge in [-0.25, -0.2) is 0 Å². The van der Waals surface area contributed by atoms with Gasteiger partial charge in [0, 0.05) is 42.2 Å². The van der Waals surface area contributed by atoms with Crippen molar-refractivity contribution in [3.8, 4) is 0 Å². The first-order chi connectivity index (χ1) is 11.6. The summed E-state index contributed by atoms with van der Waals surface area (Å²) in [6, 6.07) is 8.18. The molecule has 0 radical (unpaired) electrons. The predicted molar refractivity (Wildman–Crippen MR) is 103 cm³/mol. The first-order valence-corrected chi connectivity index (χ1v) is 9.34.